The van der Waals surface area contributed by atoms with Crippen LogP contribution in [0.5, 0.6) is 11.5 Å². The van der Waals surface area contributed by atoms with Gasteiger partial charge < -0.3 is 9.47 Å². The molecule has 0 aromatic heterocycles. The summed E-state index contributed by atoms with van der Waals surface area (Å²) in [5.41, 5.74) is 0.197. The maximum atomic E-state index is 13.2. The second kappa shape index (κ2) is 9.81. The van der Waals surface area contributed by atoms with Crippen LogP contribution in [-0.4, -0.2) is 12.6 Å². The highest BCUT2D eigenvalue weighted by atomic mass is 19.2. The van der Waals surface area contributed by atoms with E-state index in [9.17, 15) is 18.0 Å². The molecule has 0 radical (unpaired) electrons. The van der Waals surface area contributed by atoms with Crippen molar-refractivity contribution in [3.8, 4) is 11.5 Å². The monoisotopic (exact) mass is 406 g/mol. The molecule has 0 atom stereocenters. The van der Waals surface area contributed by atoms with Crippen LogP contribution >= 0.6 is 0 Å². The molecule has 0 N–H and O–H groups in total. The Bertz CT molecular complexity index is 805. The zero-order chi connectivity index (χ0) is 20.8. The van der Waals surface area contributed by atoms with E-state index in [-0.39, 0.29) is 5.56 Å². The molecular formula is C23H25F3O3. The molecule has 2 aromatic carbocycles. The van der Waals surface area contributed by atoms with Crippen LogP contribution in [0.25, 0.3) is 0 Å². The lowest BCUT2D eigenvalue weighted by molar-refractivity contribution is 0.0733. The molecule has 3 rings (SSSR count). The van der Waals surface area contributed by atoms with Gasteiger partial charge in [-0.3, -0.25) is 0 Å². The number of hydrogen-bond donors (Lipinski definition) is 0. The third-order valence-electron chi connectivity index (χ3n) is 5.41. The molecule has 0 amide bonds. The van der Waals surface area contributed by atoms with E-state index in [1.807, 2.05) is 0 Å². The molecule has 29 heavy (non-hydrogen) atoms. The number of hydrogen-bond acceptors (Lipinski definition) is 3. The maximum absolute atomic E-state index is 13.2. The van der Waals surface area contributed by atoms with Crippen LogP contribution < -0.4 is 9.47 Å². The summed E-state index contributed by atoms with van der Waals surface area (Å²) in [6.07, 6.45) is 7.43. The van der Waals surface area contributed by atoms with Gasteiger partial charge >= 0.3 is 5.97 Å². The predicted octanol–water partition coefficient (Wildman–Crippen LogP) is 6.31. The summed E-state index contributed by atoms with van der Waals surface area (Å²) in [7, 11) is 0. The van der Waals surface area contributed by atoms with Crippen LogP contribution in [0.2, 0.25) is 0 Å². The van der Waals surface area contributed by atoms with Gasteiger partial charge in [-0.2, -0.15) is 0 Å². The molecule has 6 heteroatoms. The minimum Gasteiger partial charge on any atom is -0.493 e. The third-order valence-corrected chi connectivity index (χ3v) is 5.41. The first-order chi connectivity index (χ1) is 14.0. The summed E-state index contributed by atoms with van der Waals surface area (Å²) in [4.78, 5) is 12.1. The van der Waals surface area contributed by atoms with E-state index >= 15 is 0 Å². The van der Waals surface area contributed by atoms with E-state index < -0.39 is 29.2 Å². The van der Waals surface area contributed by atoms with Crippen molar-refractivity contribution < 1.29 is 27.4 Å². The van der Waals surface area contributed by atoms with Crippen LogP contribution in [0.3, 0.4) is 0 Å². The SMILES string of the molecule is CCC[C@H]1CC[C@H](COc2ccc(C(=O)Oc3cc(F)c(F)c(F)c3)cc2)CC1. The number of rotatable bonds is 7. The lowest BCUT2D eigenvalue weighted by atomic mass is 9.80. The summed E-state index contributed by atoms with van der Waals surface area (Å²) in [6.45, 7) is 2.88. The van der Waals surface area contributed by atoms with Gasteiger partial charge in [-0.15, -0.1) is 0 Å². The Morgan fingerprint density at radius 2 is 1.52 bits per heavy atom. The Balaban J connectivity index is 1.50. The second-order valence-corrected chi connectivity index (χ2v) is 7.60. The maximum Gasteiger partial charge on any atom is 0.343 e. The molecule has 1 fully saturated rings. The highest BCUT2D eigenvalue weighted by Gasteiger charge is 2.21. The highest BCUT2D eigenvalue weighted by Crippen LogP contribution is 2.32. The van der Waals surface area contributed by atoms with Crippen LogP contribution in [0.15, 0.2) is 36.4 Å². The number of benzene rings is 2. The van der Waals surface area contributed by atoms with Crippen LogP contribution in [0, 0.1) is 29.3 Å². The Morgan fingerprint density at radius 1 is 0.931 bits per heavy atom. The van der Waals surface area contributed by atoms with Crippen LogP contribution in [-0.2, 0) is 0 Å². The Hall–Kier alpha value is -2.50. The first-order valence-electron chi connectivity index (χ1n) is 10.1. The molecule has 0 spiro atoms. The Morgan fingerprint density at radius 3 is 2.10 bits per heavy atom. The average molecular weight is 406 g/mol. The van der Waals surface area contributed by atoms with Crippen molar-refractivity contribution in [3.05, 3.63) is 59.4 Å². The van der Waals surface area contributed by atoms with Crippen molar-refractivity contribution in [3.63, 3.8) is 0 Å². The predicted molar refractivity (Wildman–Crippen MR) is 104 cm³/mol. The second-order valence-electron chi connectivity index (χ2n) is 7.60. The van der Waals surface area contributed by atoms with Gasteiger partial charge in [0.25, 0.3) is 0 Å². The standard InChI is InChI=1S/C23H25F3O3/c1-2-3-15-4-6-16(7-5-15)14-28-18-10-8-17(9-11-18)23(27)29-19-12-20(24)22(26)21(25)13-19/h8-13,15-16H,2-7,14H2,1H3/t15-,16-. The van der Waals surface area contributed by atoms with E-state index in [4.69, 9.17) is 9.47 Å². The number of halogens is 3. The molecule has 0 unspecified atom stereocenters. The minimum absolute atomic E-state index is 0.197. The quantitative estimate of drug-likeness (QED) is 0.307. The third kappa shape index (κ3) is 5.75. The van der Waals surface area contributed by atoms with Crippen molar-refractivity contribution in [2.45, 2.75) is 45.4 Å². The summed E-state index contributed by atoms with van der Waals surface area (Å²) >= 11 is 0. The van der Waals surface area contributed by atoms with E-state index in [0.717, 1.165) is 5.92 Å². The zero-order valence-electron chi connectivity index (χ0n) is 16.4. The van der Waals surface area contributed by atoms with Crippen LogP contribution in [0.4, 0.5) is 13.2 Å². The van der Waals surface area contributed by atoms with E-state index in [1.165, 1.54) is 50.7 Å². The van der Waals surface area contributed by atoms with Crippen molar-refractivity contribution in [1.29, 1.82) is 0 Å². The first kappa shape index (κ1) is 21.2. The van der Waals surface area contributed by atoms with E-state index in [2.05, 4.69) is 6.92 Å². The molecule has 0 bridgehead atoms. The first-order valence-corrected chi connectivity index (χ1v) is 10.1. The Labute approximate surface area is 168 Å². The lowest BCUT2D eigenvalue weighted by Crippen LogP contribution is -2.20. The van der Waals surface area contributed by atoms with Gasteiger partial charge in [0.15, 0.2) is 17.5 Å². The van der Waals surface area contributed by atoms with Crippen molar-refractivity contribution in [2.24, 2.45) is 11.8 Å². The topological polar surface area (TPSA) is 35.5 Å². The van der Waals surface area contributed by atoms with E-state index in [0.29, 0.717) is 30.4 Å². The molecule has 0 heterocycles. The van der Waals surface area contributed by atoms with Gasteiger partial charge in [-0.25, -0.2) is 18.0 Å². The molecule has 156 valence electrons. The fourth-order valence-corrected chi connectivity index (χ4v) is 3.75. The van der Waals surface area contributed by atoms with Crippen molar-refractivity contribution in [1.82, 2.24) is 0 Å². The zero-order valence-corrected chi connectivity index (χ0v) is 16.4. The van der Waals surface area contributed by atoms with Gasteiger partial charge in [0, 0.05) is 12.1 Å². The molecule has 1 aliphatic rings. The normalized spacial score (nSPS) is 19.0. The van der Waals surface area contributed by atoms with Crippen LogP contribution in [0.1, 0.15) is 55.8 Å². The summed E-state index contributed by atoms with van der Waals surface area (Å²) in [5, 5.41) is 0. The molecule has 0 aliphatic heterocycles. The Kier molecular flexibility index (Phi) is 7.18. The van der Waals surface area contributed by atoms with Crippen molar-refractivity contribution in [2.75, 3.05) is 6.61 Å². The number of esters is 1. The van der Waals surface area contributed by atoms with Gasteiger partial charge in [-0.1, -0.05) is 32.6 Å². The lowest BCUT2D eigenvalue weighted by Gasteiger charge is -2.28. The number of carbonyl (C=O) groups is 1. The number of ether oxygens (including phenoxy) is 2. The number of carbonyl (C=O) groups excluding carboxylic acids is 1. The molecule has 3 nitrogen and oxygen atoms in total. The fourth-order valence-electron chi connectivity index (χ4n) is 3.75. The molecule has 2 aromatic rings. The summed E-state index contributed by atoms with van der Waals surface area (Å²) in [5.74, 6) is -3.58. The van der Waals surface area contributed by atoms with E-state index in [1.54, 1.807) is 12.1 Å². The average Bonchev–Trinajstić information content (AvgIpc) is 2.72. The fraction of sp³-hybridized carbons (Fsp3) is 0.435. The smallest absolute Gasteiger partial charge is 0.343 e. The van der Waals surface area contributed by atoms with Crippen molar-refractivity contribution >= 4 is 5.97 Å². The molecular weight excluding hydrogens is 381 g/mol. The summed E-state index contributed by atoms with van der Waals surface area (Å²) in [6, 6.07) is 7.61. The summed E-state index contributed by atoms with van der Waals surface area (Å²) < 4.78 is 50.2. The largest absolute Gasteiger partial charge is 0.493 e. The minimum atomic E-state index is -1.61. The highest BCUT2D eigenvalue weighted by molar-refractivity contribution is 5.91. The molecule has 1 saturated carbocycles. The van der Waals surface area contributed by atoms with Gasteiger partial charge in [0.2, 0.25) is 0 Å². The van der Waals surface area contributed by atoms with Gasteiger partial charge in [-0.05, 0) is 48.9 Å². The molecule has 0 saturated heterocycles. The molecule has 1 aliphatic carbocycles. The van der Waals surface area contributed by atoms with Gasteiger partial charge in [0.05, 0.1) is 12.2 Å². The van der Waals surface area contributed by atoms with Gasteiger partial charge in [0.1, 0.15) is 11.5 Å².